The molecule has 5 heteroatoms. The van der Waals surface area contributed by atoms with Gasteiger partial charge >= 0.3 is 12.1 Å². The molecule has 0 aliphatic carbocycles. The van der Waals surface area contributed by atoms with Gasteiger partial charge in [0, 0.05) is 0 Å². The van der Waals surface area contributed by atoms with Crippen molar-refractivity contribution in [2.45, 2.75) is 53.2 Å². The van der Waals surface area contributed by atoms with Gasteiger partial charge < -0.3 is 15.2 Å². The minimum atomic E-state index is -1.07. The molecule has 1 amide bonds. The second kappa shape index (κ2) is 4.72. The lowest BCUT2D eigenvalue weighted by atomic mass is 9.87. The second-order valence-electron chi connectivity index (χ2n) is 5.78. The van der Waals surface area contributed by atoms with Gasteiger partial charge in [-0.2, -0.15) is 0 Å². The minimum Gasteiger partial charge on any atom is -0.480 e. The number of amides is 1. The number of aliphatic carboxylic acids is 1. The fourth-order valence-electron chi connectivity index (χ4n) is 1.07. The van der Waals surface area contributed by atoms with Crippen LogP contribution in [0.4, 0.5) is 4.79 Å². The first-order chi connectivity index (χ1) is 6.93. The number of ether oxygens (including phenoxy) is 1. The summed E-state index contributed by atoms with van der Waals surface area (Å²) in [4.78, 5) is 22.4. The number of hydrogen-bond donors (Lipinski definition) is 2. The summed E-state index contributed by atoms with van der Waals surface area (Å²) >= 11 is 0. The quantitative estimate of drug-likeness (QED) is 0.762. The van der Waals surface area contributed by atoms with Gasteiger partial charge in [-0.15, -0.1) is 0 Å². The zero-order valence-corrected chi connectivity index (χ0v) is 10.7. The summed E-state index contributed by atoms with van der Waals surface area (Å²) in [6, 6.07) is -0.970. The van der Waals surface area contributed by atoms with E-state index in [1.165, 1.54) is 0 Å². The van der Waals surface area contributed by atoms with Gasteiger partial charge in [0.05, 0.1) is 0 Å². The van der Waals surface area contributed by atoms with Crippen molar-refractivity contribution in [1.29, 1.82) is 0 Å². The molecule has 0 saturated carbocycles. The lowest BCUT2D eigenvalue weighted by Crippen LogP contribution is -2.50. The predicted molar refractivity (Wildman–Crippen MR) is 60.2 cm³/mol. The minimum absolute atomic E-state index is 0.567. The summed E-state index contributed by atoms with van der Waals surface area (Å²) < 4.78 is 5.00. The van der Waals surface area contributed by atoms with Gasteiger partial charge in [-0.05, 0) is 26.2 Å². The van der Waals surface area contributed by atoms with E-state index in [0.29, 0.717) is 0 Å². The number of carboxylic acids is 1. The van der Waals surface area contributed by atoms with Crippen LogP contribution in [0, 0.1) is 5.41 Å². The summed E-state index contributed by atoms with van der Waals surface area (Å²) in [7, 11) is 0. The average Bonchev–Trinajstić information content (AvgIpc) is 1.93. The molecule has 0 aromatic carbocycles. The number of hydrogen-bond acceptors (Lipinski definition) is 3. The summed E-state index contributed by atoms with van der Waals surface area (Å²) in [5.41, 5.74) is -1.20. The van der Waals surface area contributed by atoms with E-state index in [1.807, 2.05) is 0 Å². The molecule has 1 atom stereocenters. The predicted octanol–water partition coefficient (Wildman–Crippen LogP) is 2.01. The van der Waals surface area contributed by atoms with Gasteiger partial charge in [-0.3, -0.25) is 0 Å². The van der Waals surface area contributed by atoms with E-state index in [9.17, 15) is 9.59 Å². The normalized spacial score (nSPS) is 14.1. The molecule has 0 heterocycles. The highest BCUT2D eigenvalue weighted by Gasteiger charge is 2.33. The van der Waals surface area contributed by atoms with Crippen molar-refractivity contribution in [2.24, 2.45) is 5.41 Å². The maximum Gasteiger partial charge on any atom is 0.408 e. The number of carbonyl (C=O) groups is 2. The Morgan fingerprint density at radius 2 is 1.56 bits per heavy atom. The monoisotopic (exact) mass is 231 g/mol. The van der Waals surface area contributed by atoms with Crippen molar-refractivity contribution in [3.05, 3.63) is 0 Å². The largest absolute Gasteiger partial charge is 0.480 e. The van der Waals surface area contributed by atoms with Gasteiger partial charge in [-0.25, -0.2) is 9.59 Å². The van der Waals surface area contributed by atoms with Gasteiger partial charge in [0.15, 0.2) is 0 Å². The van der Waals surface area contributed by atoms with E-state index in [1.54, 1.807) is 41.5 Å². The van der Waals surface area contributed by atoms with Crippen molar-refractivity contribution < 1.29 is 19.4 Å². The molecule has 0 aromatic rings. The van der Waals surface area contributed by atoms with Crippen LogP contribution in [0.5, 0.6) is 0 Å². The second-order valence-corrected chi connectivity index (χ2v) is 5.78. The van der Waals surface area contributed by atoms with E-state index in [-0.39, 0.29) is 0 Å². The fourth-order valence-corrected chi connectivity index (χ4v) is 1.07. The summed E-state index contributed by atoms with van der Waals surface area (Å²) in [6.07, 6.45) is -0.713. The molecule has 0 bridgehead atoms. The van der Waals surface area contributed by atoms with Crippen LogP contribution in [-0.4, -0.2) is 28.8 Å². The third-order valence-corrected chi connectivity index (χ3v) is 1.77. The first kappa shape index (κ1) is 14.7. The summed E-state index contributed by atoms with van der Waals surface area (Å²) in [6.45, 7) is 10.4. The molecule has 0 saturated heterocycles. The lowest BCUT2D eigenvalue weighted by Gasteiger charge is -2.29. The van der Waals surface area contributed by atoms with Crippen LogP contribution < -0.4 is 5.32 Å². The van der Waals surface area contributed by atoms with Gasteiger partial charge in [-0.1, -0.05) is 20.8 Å². The molecule has 1 unspecified atom stereocenters. The van der Waals surface area contributed by atoms with Crippen molar-refractivity contribution >= 4 is 12.1 Å². The van der Waals surface area contributed by atoms with E-state index in [0.717, 1.165) is 0 Å². The third kappa shape index (κ3) is 5.58. The highest BCUT2D eigenvalue weighted by atomic mass is 16.6. The molecule has 0 aromatic heterocycles. The Morgan fingerprint density at radius 1 is 1.12 bits per heavy atom. The number of carboxylic acid groups (broad SMARTS) is 1. The number of carbonyl (C=O) groups excluding carboxylic acids is 1. The summed E-state index contributed by atoms with van der Waals surface area (Å²) in [5.74, 6) is -1.07. The molecule has 0 radical (unpaired) electrons. The standard InChI is InChI=1S/C11H21NO4/c1-10(2,3)7(8(13)14)12-9(15)16-11(4,5)6/h7H,1-6H3,(H,12,15)(H,13,14). The average molecular weight is 231 g/mol. The van der Waals surface area contributed by atoms with E-state index >= 15 is 0 Å². The van der Waals surface area contributed by atoms with Crippen LogP contribution >= 0.6 is 0 Å². The molecular formula is C11H21NO4. The fraction of sp³-hybridized carbons (Fsp3) is 0.818. The Kier molecular flexibility index (Phi) is 4.35. The Bertz CT molecular complexity index is 273. The first-order valence-corrected chi connectivity index (χ1v) is 5.16. The molecule has 0 aliphatic rings. The van der Waals surface area contributed by atoms with Crippen LogP contribution in [0.15, 0.2) is 0 Å². The van der Waals surface area contributed by atoms with Crippen molar-refractivity contribution in [1.82, 2.24) is 5.32 Å². The molecule has 2 N–H and O–H groups in total. The van der Waals surface area contributed by atoms with Crippen LogP contribution in [-0.2, 0) is 9.53 Å². The van der Waals surface area contributed by atoms with Crippen LogP contribution in [0.1, 0.15) is 41.5 Å². The molecule has 16 heavy (non-hydrogen) atoms. The Morgan fingerprint density at radius 3 is 1.81 bits per heavy atom. The van der Waals surface area contributed by atoms with Gasteiger partial charge in [0.25, 0.3) is 0 Å². The van der Waals surface area contributed by atoms with Crippen LogP contribution in [0.25, 0.3) is 0 Å². The zero-order valence-electron chi connectivity index (χ0n) is 10.7. The first-order valence-electron chi connectivity index (χ1n) is 5.16. The van der Waals surface area contributed by atoms with Crippen molar-refractivity contribution in [3.63, 3.8) is 0 Å². The molecule has 0 rings (SSSR count). The zero-order chi connectivity index (χ0) is 13.1. The van der Waals surface area contributed by atoms with Crippen LogP contribution in [0.3, 0.4) is 0 Å². The van der Waals surface area contributed by atoms with Crippen molar-refractivity contribution in [3.8, 4) is 0 Å². The molecule has 5 nitrogen and oxygen atoms in total. The smallest absolute Gasteiger partial charge is 0.408 e. The molecule has 0 spiro atoms. The molecule has 94 valence electrons. The van der Waals surface area contributed by atoms with Crippen molar-refractivity contribution in [2.75, 3.05) is 0 Å². The van der Waals surface area contributed by atoms with E-state index in [2.05, 4.69) is 5.32 Å². The summed E-state index contributed by atoms with van der Waals surface area (Å²) in [5, 5.41) is 11.3. The van der Waals surface area contributed by atoms with E-state index in [4.69, 9.17) is 9.84 Å². The topological polar surface area (TPSA) is 75.6 Å². The highest BCUT2D eigenvalue weighted by molar-refractivity contribution is 5.80. The number of nitrogens with one attached hydrogen (secondary N) is 1. The molecular weight excluding hydrogens is 210 g/mol. The molecule has 0 aliphatic heterocycles. The maximum absolute atomic E-state index is 11.4. The third-order valence-electron chi connectivity index (χ3n) is 1.77. The maximum atomic E-state index is 11.4. The molecule has 0 fully saturated rings. The SMILES string of the molecule is CC(C)(C)OC(=O)NC(C(=O)O)C(C)(C)C. The number of rotatable bonds is 2. The van der Waals surface area contributed by atoms with Gasteiger partial charge in [0.2, 0.25) is 0 Å². The Hall–Kier alpha value is -1.26. The van der Waals surface area contributed by atoms with E-state index < -0.39 is 29.1 Å². The van der Waals surface area contributed by atoms with Gasteiger partial charge in [0.1, 0.15) is 11.6 Å². The highest BCUT2D eigenvalue weighted by Crippen LogP contribution is 2.20. The number of alkyl carbamates (subject to hydrolysis) is 1. The Balaban J connectivity index is 4.56. The Labute approximate surface area is 96.2 Å². The van der Waals surface area contributed by atoms with Crippen LogP contribution in [0.2, 0.25) is 0 Å². The lowest BCUT2D eigenvalue weighted by molar-refractivity contribution is -0.142.